The minimum atomic E-state index is -4.52. The van der Waals surface area contributed by atoms with Crippen LogP contribution in [-0.2, 0) is 11.0 Å². The lowest BCUT2D eigenvalue weighted by Crippen LogP contribution is -2.34. The van der Waals surface area contributed by atoms with Gasteiger partial charge in [0.2, 0.25) is 5.91 Å². The number of alkyl halides is 3. The number of nitrogens with zero attached hydrogens (tertiary/aromatic N) is 1. The quantitative estimate of drug-likeness (QED) is 0.576. The fourth-order valence-corrected chi connectivity index (χ4v) is 2.40. The number of carbonyl (C=O) groups is 1. The number of halogens is 4. The Kier molecular flexibility index (Phi) is 4.96. The van der Waals surface area contributed by atoms with E-state index in [1.165, 1.54) is 24.3 Å². The zero-order chi connectivity index (χ0) is 16.3. The van der Waals surface area contributed by atoms with Crippen molar-refractivity contribution in [2.75, 3.05) is 13.1 Å². The van der Waals surface area contributed by atoms with E-state index in [-0.39, 0.29) is 16.5 Å². The van der Waals surface area contributed by atoms with Crippen molar-refractivity contribution >= 4 is 23.6 Å². The van der Waals surface area contributed by atoms with Crippen LogP contribution in [0.15, 0.2) is 36.4 Å². The number of benzene rings is 1. The Hall–Kier alpha value is -1.75. The van der Waals surface area contributed by atoms with Crippen LogP contribution in [0.5, 0.6) is 0 Å². The van der Waals surface area contributed by atoms with Crippen molar-refractivity contribution in [2.24, 2.45) is 0 Å². The molecule has 22 heavy (non-hydrogen) atoms. The van der Waals surface area contributed by atoms with Crippen molar-refractivity contribution < 1.29 is 18.0 Å². The lowest BCUT2D eigenvalue weighted by molar-refractivity contribution is -0.137. The van der Waals surface area contributed by atoms with Crippen molar-refractivity contribution in [3.63, 3.8) is 0 Å². The summed E-state index contributed by atoms with van der Waals surface area (Å²) in [6, 6.07) is 3.56. The van der Waals surface area contributed by atoms with Gasteiger partial charge < -0.3 is 4.90 Å². The molecule has 118 valence electrons. The zero-order valence-electron chi connectivity index (χ0n) is 11.8. The standard InChI is InChI=1S/C16H15ClF3NO/c1-11-6-8-21(9-7-11)15(22)5-3-12-2-4-14(17)13(10-12)16(18,19)20/h2-5,10H,1,6-9H2/b5-3+. The monoisotopic (exact) mass is 329 g/mol. The van der Waals surface area contributed by atoms with Crippen LogP contribution in [-0.4, -0.2) is 23.9 Å². The van der Waals surface area contributed by atoms with Crippen LogP contribution < -0.4 is 0 Å². The van der Waals surface area contributed by atoms with Gasteiger partial charge in [0.05, 0.1) is 10.6 Å². The van der Waals surface area contributed by atoms with Crippen molar-refractivity contribution in [1.29, 1.82) is 0 Å². The molecule has 0 aliphatic carbocycles. The second-order valence-electron chi connectivity index (χ2n) is 5.15. The number of piperidine rings is 1. The third-order valence-electron chi connectivity index (χ3n) is 3.50. The third-order valence-corrected chi connectivity index (χ3v) is 3.83. The molecule has 0 radical (unpaired) electrons. The van der Waals surface area contributed by atoms with Crippen molar-refractivity contribution in [3.05, 3.63) is 52.6 Å². The van der Waals surface area contributed by atoms with E-state index in [1.807, 2.05) is 0 Å². The molecule has 1 fully saturated rings. The molecule has 6 heteroatoms. The van der Waals surface area contributed by atoms with E-state index in [2.05, 4.69) is 6.58 Å². The third kappa shape index (κ3) is 4.13. The lowest BCUT2D eigenvalue weighted by Gasteiger charge is -2.26. The maximum absolute atomic E-state index is 12.8. The summed E-state index contributed by atoms with van der Waals surface area (Å²) in [7, 11) is 0. The number of carbonyl (C=O) groups excluding carboxylic acids is 1. The molecule has 0 spiro atoms. The number of amides is 1. The normalized spacial score (nSPS) is 16.4. The van der Waals surface area contributed by atoms with Gasteiger partial charge in [-0.05, 0) is 36.6 Å². The SMILES string of the molecule is C=C1CCN(C(=O)/C=C/c2ccc(Cl)c(C(F)(F)F)c2)CC1. The molecule has 1 aromatic carbocycles. The minimum absolute atomic E-state index is 0.212. The predicted octanol–water partition coefficient (Wildman–Crippen LogP) is 4.55. The van der Waals surface area contributed by atoms with Crippen LogP contribution in [0.25, 0.3) is 6.08 Å². The summed E-state index contributed by atoms with van der Waals surface area (Å²) in [5.74, 6) is -0.212. The highest BCUT2D eigenvalue weighted by atomic mass is 35.5. The molecule has 0 atom stereocenters. The number of hydrogen-bond donors (Lipinski definition) is 0. The zero-order valence-corrected chi connectivity index (χ0v) is 12.5. The largest absolute Gasteiger partial charge is 0.417 e. The smallest absolute Gasteiger partial charge is 0.339 e. The van der Waals surface area contributed by atoms with E-state index in [0.717, 1.165) is 24.5 Å². The number of likely N-dealkylation sites (tertiary alicyclic amines) is 1. The van der Waals surface area contributed by atoms with Crippen molar-refractivity contribution in [3.8, 4) is 0 Å². The summed E-state index contributed by atoms with van der Waals surface area (Å²) in [4.78, 5) is 13.6. The molecule has 2 rings (SSSR count). The van der Waals surface area contributed by atoms with Gasteiger partial charge in [-0.15, -0.1) is 0 Å². The molecule has 0 bridgehead atoms. The van der Waals surface area contributed by atoms with Gasteiger partial charge in [0, 0.05) is 19.2 Å². The Bertz CT molecular complexity index is 612. The van der Waals surface area contributed by atoms with Crippen molar-refractivity contribution in [2.45, 2.75) is 19.0 Å². The first kappa shape index (κ1) is 16.6. The van der Waals surface area contributed by atoms with Crippen LogP contribution in [0.2, 0.25) is 5.02 Å². The molecule has 1 aliphatic rings. The second kappa shape index (κ2) is 6.57. The topological polar surface area (TPSA) is 20.3 Å². The fraction of sp³-hybridized carbons (Fsp3) is 0.312. The van der Waals surface area contributed by atoms with Gasteiger partial charge in [0.1, 0.15) is 0 Å². The molecule has 1 aromatic rings. The predicted molar refractivity (Wildman–Crippen MR) is 80.4 cm³/mol. The van der Waals surface area contributed by atoms with Gasteiger partial charge in [-0.3, -0.25) is 4.79 Å². The minimum Gasteiger partial charge on any atom is -0.339 e. The highest BCUT2D eigenvalue weighted by Crippen LogP contribution is 2.35. The first-order chi connectivity index (χ1) is 10.3. The van der Waals surface area contributed by atoms with E-state index in [4.69, 9.17) is 11.6 Å². The Labute approximate surface area is 131 Å². The molecular formula is C16H15ClF3NO. The van der Waals surface area contributed by atoms with Crippen LogP contribution >= 0.6 is 11.6 Å². The average molecular weight is 330 g/mol. The Morgan fingerprint density at radius 2 is 1.91 bits per heavy atom. The molecule has 1 amide bonds. The van der Waals surface area contributed by atoms with Gasteiger partial charge in [-0.1, -0.05) is 29.8 Å². The maximum atomic E-state index is 12.8. The highest BCUT2D eigenvalue weighted by molar-refractivity contribution is 6.31. The molecule has 2 nitrogen and oxygen atoms in total. The van der Waals surface area contributed by atoms with Gasteiger partial charge >= 0.3 is 6.18 Å². The molecule has 1 saturated heterocycles. The van der Waals surface area contributed by atoms with Crippen LogP contribution in [0.1, 0.15) is 24.0 Å². The molecule has 0 unspecified atom stereocenters. The summed E-state index contributed by atoms with van der Waals surface area (Å²) in [6.45, 7) is 5.05. The molecule has 1 heterocycles. The first-order valence-electron chi connectivity index (χ1n) is 6.78. The Morgan fingerprint density at radius 1 is 1.27 bits per heavy atom. The highest BCUT2D eigenvalue weighted by Gasteiger charge is 2.33. The number of rotatable bonds is 2. The van der Waals surface area contributed by atoms with Crippen LogP contribution in [0.3, 0.4) is 0 Å². The van der Waals surface area contributed by atoms with E-state index in [9.17, 15) is 18.0 Å². The lowest BCUT2D eigenvalue weighted by atomic mass is 10.1. The van der Waals surface area contributed by atoms with E-state index in [0.29, 0.717) is 13.1 Å². The molecular weight excluding hydrogens is 315 g/mol. The Balaban J connectivity index is 2.10. The van der Waals surface area contributed by atoms with E-state index in [1.54, 1.807) is 4.90 Å². The first-order valence-corrected chi connectivity index (χ1v) is 7.15. The summed E-state index contributed by atoms with van der Waals surface area (Å²) < 4.78 is 38.3. The second-order valence-corrected chi connectivity index (χ2v) is 5.55. The Morgan fingerprint density at radius 3 is 2.50 bits per heavy atom. The molecule has 0 saturated carbocycles. The van der Waals surface area contributed by atoms with Gasteiger partial charge in [0.25, 0.3) is 0 Å². The molecule has 0 aromatic heterocycles. The summed E-state index contributed by atoms with van der Waals surface area (Å²) in [5.41, 5.74) is 0.491. The average Bonchev–Trinajstić information content (AvgIpc) is 2.45. The van der Waals surface area contributed by atoms with Crippen molar-refractivity contribution in [1.82, 2.24) is 4.90 Å². The van der Waals surface area contributed by atoms with Gasteiger partial charge in [0.15, 0.2) is 0 Å². The summed E-state index contributed by atoms with van der Waals surface area (Å²) in [6.07, 6.45) is -0.329. The van der Waals surface area contributed by atoms with Crippen LogP contribution in [0, 0.1) is 0 Å². The maximum Gasteiger partial charge on any atom is 0.417 e. The van der Waals surface area contributed by atoms with Crippen LogP contribution in [0.4, 0.5) is 13.2 Å². The molecule has 0 N–H and O–H groups in total. The van der Waals surface area contributed by atoms with E-state index < -0.39 is 11.7 Å². The number of hydrogen-bond acceptors (Lipinski definition) is 1. The fourth-order valence-electron chi connectivity index (χ4n) is 2.18. The summed E-state index contributed by atoms with van der Waals surface area (Å²) in [5, 5.41) is -0.356. The summed E-state index contributed by atoms with van der Waals surface area (Å²) >= 11 is 5.55. The van der Waals surface area contributed by atoms with E-state index >= 15 is 0 Å². The molecule has 1 aliphatic heterocycles. The van der Waals surface area contributed by atoms with Gasteiger partial charge in [-0.2, -0.15) is 13.2 Å². The van der Waals surface area contributed by atoms with Gasteiger partial charge in [-0.25, -0.2) is 0 Å².